The number of aryl methyl sites for hydroxylation is 1. The summed E-state index contributed by atoms with van der Waals surface area (Å²) in [5, 5.41) is 3.07. The number of hydrogen-bond acceptors (Lipinski definition) is 3. The van der Waals surface area contributed by atoms with Crippen LogP contribution in [0.5, 0.6) is 0 Å². The molecule has 0 atom stereocenters. The zero-order chi connectivity index (χ0) is 15.6. The van der Waals surface area contributed by atoms with E-state index in [0.29, 0.717) is 11.4 Å². The molecule has 0 saturated heterocycles. The van der Waals surface area contributed by atoms with Gasteiger partial charge in [-0.2, -0.15) is 4.31 Å². The van der Waals surface area contributed by atoms with Gasteiger partial charge < -0.3 is 5.32 Å². The van der Waals surface area contributed by atoms with Gasteiger partial charge in [0.15, 0.2) is 0 Å². The van der Waals surface area contributed by atoms with Gasteiger partial charge >= 0.3 is 0 Å². The van der Waals surface area contributed by atoms with Crippen molar-refractivity contribution in [3.63, 3.8) is 0 Å². The first-order chi connectivity index (χ1) is 9.16. The van der Waals surface area contributed by atoms with Gasteiger partial charge in [-0.05, 0) is 57.5 Å². The van der Waals surface area contributed by atoms with Crippen molar-refractivity contribution in [2.45, 2.75) is 51.1 Å². The van der Waals surface area contributed by atoms with E-state index < -0.39 is 15.6 Å². The second-order valence-electron chi connectivity index (χ2n) is 5.76. The number of nitrogens with zero attached hydrogens (tertiary/aromatic N) is 1. The molecular formula is C15H26N2O2S. The maximum Gasteiger partial charge on any atom is 0.243 e. The maximum absolute atomic E-state index is 12.7. The Labute approximate surface area is 123 Å². The Morgan fingerprint density at radius 2 is 1.90 bits per heavy atom. The lowest BCUT2D eigenvalue weighted by Crippen LogP contribution is -2.44. The van der Waals surface area contributed by atoms with Crippen LogP contribution in [-0.2, 0) is 16.6 Å². The summed E-state index contributed by atoms with van der Waals surface area (Å²) in [4.78, 5) is 0.359. The largest absolute Gasteiger partial charge is 0.316 e. The van der Waals surface area contributed by atoms with E-state index in [9.17, 15) is 8.42 Å². The average Bonchev–Trinajstić information content (AvgIpc) is 2.40. The van der Waals surface area contributed by atoms with Crippen LogP contribution in [0.2, 0.25) is 0 Å². The first kappa shape index (κ1) is 17.1. The zero-order valence-electron chi connectivity index (χ0n) is 13.3. The summed E-state index contributed by atoms with van der Waals surface area (Å²) >= 11 is 0. The van der Waals surface area contributed by atoms with Crippen LogP contribution in [0.4, 0.5) is 0 Å². The van der Waals surface area contributed by atoms with Crippen molar-refractivity contribution in [1.82, 2.24) is 9.62 Å². The maximum atomic E-state index is 12.7. The van der Waals surface area contributed by atoms with Gasteiger partial charge in [-0.15, -0.1) is 0 Å². The summed E-state index contributed by atoms with van der Waals surface area (Å²) < 4.78 is 26.9. The molecule has 0 amide bonds. The Morgan fingerprint density at radius 3 is 2.40 bits per heavy atom. The molecule has 1 N–H and O–H groups in total. The van der Waals surface area contributed by atoms with Gasteiger partial charge in [0, 0.05) is 19.1 Å². The van der Waals surface area contributed by atoms with Crippen molar-refractivity contribution in [2.75, 3.05) is 14.1 Å². The smallest absolute Gasteiger partial charge is 0.243 e. The third kappa shape index (κ3) is 3.40. The molecule has 5 heteroatoms. The number of nitrogens with one attached hydrogen (secondary N) is 1. The molecule has 4 nitrogen and oxygen atoms in total. The first-order valence-corrected chi connectivity index (χ1v) is 8.34. The predicted octanol–water partition coefficient (Wildman–Crippen LogP) is 2.52. The SMILES string of the molecule is CCC(C)(C)N(C)S(=O)(=O)c1ccc(C)c(CNC)c1. The van der Waals surface area contributed by atoms with Gasteiger partial charge in [-0.1, -0.05) is 13.0 Å². The minimum absolute atomic E-state index is 0.359. The van der Waals surface area contributed by atoms with Crippen molar-refractivity contribution in [2.24, 2.45) is 0 Å². The molecule has 0 bridgehead atoms. The number of sulfonamides is 1. The van der Waals surface area contributed by atoms with Gasteiger partial charge in [-0.3, -0.25) is 0 Å². The van der Waals surface area contributed by atoms with Crippen LogP contribution in [0.3, 0.4) is 0 Å². The summed E-state index contributed by atoms with van der Waals surface area (Å²) in [5.41, 5.74) is 1.71. The summed E-state index contributed by atoms with van der Waals surface area (Å²) in [6.45, 7) is 8.52. The lowest BCUT2D eigenvalue weighted by Gasteiger charge is -2.33. The molecule has 0 fully saturated rings. The van der Waals surface area contributed by atoms with Gasteiger partial charge in [-0.25, -0.2) is 8.42 Å². The molecule has 0 aliphatic rings. The van der Waals surface area contributed by atoms with Crippen molar-refractivity contribution in [1.29, 1.82) is 0 Å². The van der Waals surface area contributed by atoms with Crippen molar-refractivity contribution in [3.05, 3.63) is 29.3 Å². The first-order valence-electron chi connectivity index (χ1n) is 6.90. The summed E-state index contributed by atoms with van der Waals surface area (Å²) in [5.74, 6) is 0. The molecule has 0 radical (unpaired) electrons. The second-order valence-corrected chi connectivity index (χ2v) is 7.73. The molecular weight excluding hydrogens is 272 g/mol. The van der Waals surface area contributed by atoms with E-state index in [1.165, 1.54) is 4.31 Å². The minimum atomic E-state index is -3.46. The van der Waals surface area contributed by atoms with Gasteiger partial charge in [0.2, 0.25) is 10.0 Å². The third-order valence-corrected chi connectivity index (χ3v) is 6.13. The molecule has 0 heterocycles. The number of rotatable bonds is 6. The molecule has 1 aromatic carbocycles. The molecule has 0 aliphatic carbocycles. The normalized spacial score (nSPS) is 12.9. The highest BCUT2D eigenvalue weighted by atomic mass is 32.2. The van der Waals surface area contributed by atoms with Crippen LogP contribution in [0.1, 0.15) is 38.3 Å². The molecule has 0 aliphatic heterocycles. The monoisotopic (exact) mass is 298 g/mol. The standard InChI is InChI=1S/C15H26N2O2S/c1-7-15(3,4)17(6)20(18,19)14-9-8-12(2)13(10-14)11-16-5/h8-10,16H,7,11H2,1-6H3. The highest BCUT2D eigenvalue weighted by Gasteiger charge is 2.32. The molecule has 114 valence electrons. The van der Waals surface area contributed by atoms with Crippen LogP contribution in [-0.4, -0.2) is 32.4 Å². The second kappa shape index (κ2) is 6.24. The fourth-order valence-electron chi connectivity index (χ4n) is 1.90. The summed E-state index contributed by atoms with van der Waals surface area (Å²) in [6.07, 6.45) is 0.762. The third-order valence-electron chi connectivity index (χ3n) is 4.06. The number of benzene rings is 1. The highest BCUT2D eigenvalue weighted by Crippen LogP contribution is 2.26. The van der Waals surface area contributed by atoms with Crippen LogP contribution in [0.15, 0.2) is 23.1 Å². The Bertz CT molecular complexity index is 565. The van der Waals surface area contributed by atoms with E-state index in [4.69, 9.17) is 0 Å². The predicted molar refractivity (Wildman–Crippen MR) is 83.3 cm³/mol. The van der Waals surface area contributed by atoms with Crippen LogP contribution < -0.4 is 5.32 Å². The van der Waals surface area contributed by atoms with E-state index in [1.807, 2.05) is 40.8 Å². The Kier molecular flexibility index (Phi) is 5.35. The van der Waals surface area contributed by atoms with E-state index in [2.05, 4.69) is 5.32 Å². The van der Waals surface area contributed by atoms with Gasteiger partial charge in [0.25, 0.3) is 0 Å². The highest BCUT2D eigenvalue weighted by molar-refractivity contribution is 7.89. The molecule has 0 unspecified atom stereocenters. The van der Waals surface area contributed by atoms with Gasteiger partial charge in [0.1, 0.15) is 0 Å². The lowest BCUT2D eigenvalue weighted by molar-refractivity contribution is 0.257. The minimum Gasteiger partial charge on any atom is -0.316 e. The fraction of sp³-hybridized carbons (Fsp3) is 0.600. The van der Waals surface area contributed by atoms with Crippen molar-refractivity contribution >= 4 is 10.0 Å². The van der Waals surface area contributed by atoms with Crippen molar-refractivity contribution < 1.29 is 8.42 Å². The molecule has 1 rings (SSSR count). The quantitative estimate of drug-likeness (QED) is 0.878. The fourth-order valence-corrected chi connectivity index (χ4v) is 3.52. The average molecular weight is 298 g/mol. The van der Waals surface area contributed by atoms with E-state index >= 15 is 0 Å². The molecule has 0 aromatic heterocycles. The Hall–Kier alpha value is -0.910. The van der Waals surface area contributed by atoms with E-state index in [-0.39, 0.29) is 0 Å². The molecule has 0 spiro atoms. The van der Waals surface area contributed by atoms with E-state index in [0.717, 1.165) is 17.5 Å². The molecule has 20 heavy (non-hydrogen) atoms. The van der Waals surface area contributed by atoms with Crippen LogP contribution in [0, 0.1) is 6.92 Å². The summed E-state index contributed by atoms with van der Waals surface area (Å²) in [6, 6.07) is 5.32. The van der Waals surface area contributed by atoms with Gasteiger partial charge in [0.05, 0.1) is 4.90 Å². The van der Waals surface area contributed by atoms with Crippen LogP contribution >= 0.6 is 0 Å². The Balaban J connectivity index is 3.26. The van der Waals surface area contributed by atoms with Crippen molar-refractivity contribution in [3.8, 4) is 0 Å². The Morgan fingerprint density at radius 1 is 1.30 bits per heavy atom. The molecule has 1 aromatic rings. The van der Waals surface area contributed by atoms with E-state index in [1.54, 1.807) is 19.2 Å². The zero-order valence-corrected chi connectivity index (χ0v) is 14.1. The molecule has 0 saturated carbocycles. The summed E-state index contributed by atoms with van der Waals surface area (Å²) in [7, 11) is 0.0426. The number of hydrogen-bond donors (Lipinski definition) is 1. The topological polar surface area (TPSA) is 49.4 Å². The van der Waals surface area contributed by atoms with Crippen LogP contribution in [0.25, 0.3) is 0 Å². The lowest BCUT2D eigenvalue weighted by atomic mass is 10.0.